The Balaban J connectivity index is 1.78. The Labute approximate surface area is 124 Å². The van der Waals surface area contributed by atoms with Gasteiger partial charge in [-0.05, 0) is 56.9 Å². The predicted molar refractivity (Wildman–Crippen MR) is 83.3 cm³/mol. The molecule has 3 N–H and O–H groups in total. The molecule has 2 saturated carbocycles. The average molecular weight is 280 g/mol. The first-order valence-electron chi connectivity index (χ1n) is 8.69. The summed E-state index contributed by atoms with van der Waals surface area (Å²) in [5.74, 6) is 2.09. The molecule has 2 aliphatic carbocycles. The molecule has 0 saturated heterocycles. The van der Waals surface area contributed by atoms with Crippen LogP contribution in [0.4, 0.5) is 0 Å². The minimum absolute atomic E-state index is 0.251. The molecule has 4 unspecified atom stereocenters. The van der Waals surface area contributed by atoms with Gasteiger partial charge in [0.05, 0.1) is 0 Å². The van der Waals surface area contributed by atoms with Crippen molar-refractivity contribution in [3.05, 3.63) is 0 Å². The fourth-order valence-electron chi connectivity index (χ4n) is 3.98. The third-order valence-electron chi connectivity index (χ3n) is 5.33. The smallest absolute Gasteiger partial charge is 0.223 e. The number of nitrogens with one attached hydrogen (secondary N) is 1. The van der Waals surface area contributed by atoms with Gasteiger partial charge in [0, 0.05) is 12.0 Å². The highest BCUT2D eigenvalue weighted by molar-refractivity contribution is 5.79. The van der Waals surface area contributed by atoms with E-state index in [0.717, 1.165) is 31.7 Å². The Kier molecular flexibility index (Phi) is 6.34. The zero-order valence-corrected chi connectivity index (χ0v) is 13.1. The van der Waals surface area contributed by atoms with Gasteiger partial charge in [-0.15, -0.1) is 0 Å². The standard InChI is InChI=1S/C17H32N2O/c1-13-4-2-7-16(9-8-13)19-17(20)15-6-3-5-14(12-15)10-11-18/h13-16H,2-12,18H2,1H3,(H,19,20). The summed E-state index contributed by atoms with van der Waals surface area (Å²) >= 11 is 0. The lowest BCUT2D eigenvalue weighted by Gasteiger charge is -2.29. The van der Waals surface area contributed by atoms with E-state index in [1.807, 2.05) is 0 Å². The number of rotatable bonds is 4. The van der Waals surface area contributed by atoms with Crippen LogP contribution in [0.25, 0.3) is 0 Å². The average Bonchev–Trinajstić information content (AvgIpc) is 2.64. The van der Waals surface area contributed by atoms with E-state index in [0.29, 0.717) is 17.9 Å². The lowest BCUT2D eigenvalue weighted by atomic mass is 9.79. The fourth-order valence-corrected chi connectivity index (χ4v) is 3.98. The Morgan fingerprint density at radius 2 is 1.90 bits per heavy atom. The second kappa shape index (κ2) is 8.02. The Morgan fingerprint density at radius 3 is 2.70 bits per heavy atom. The molecule has 20 heavy (non-hydrogen) atoms. The molecule has 4 atom stereocenters. The first-order valence-corrected chi connectivity index (χ1v) is 8.69. The molecule has 0 aromatic carbocycles. The summed E-state index contributed by atoms with van der Waals surface area (Å²) in [7, 11) is 0. The van der Waals surface area contributed by atoms with E-state index in [2.05, 4.69) is 12.2 Å². The van der Waals surface area contributed by atoms with Crippen molar-refractivity contribution in [3.8, 4) is 0 Å². The Morgan fingerprint density at radius 1 is 1.10 bits per heavy atom. The summed E-state index contributed by atoms with van der Waals surface area (Å²) in [5, 5.41) is 3.34. The van der Waals surface area contributed by atoms with Crippen molar-refractivity contribution >= 4 is 5.91 Å². The van der Waals surface area contributed by atoms with Gasteiger partial charge in [0.2, 0.25) is 5.91 Å². The summed E-state index contributed by atoms with van der Waals surface area (Å²) in [4.78, 5) is 12.5. The number of hydrogen-bond acceptors (Lipinski definition) is 2. The number of hydrogen-bond donors (Lipinski definition) is 2. The summed E-state index contributed by atoms with van der Waals surface area (Å²) in [6, 6.07) is 0.433. The molecule has 3 nitrogen and oxygen atoms in total. The van der Waals surface area contributed by atoms with Crippen molar-refractivity contribution in [2.75, 3.05) is 6.54 Å². The lowest BCUT2D eigenvalue weighted by molar-refractivity contribution is -0.127. The zero-order chi connectivity index (χ0) is 14.4. The summed E-state index contributed by atoms with van der Waals surface area (Å²) in [5.41, 5.74) is 5.66. The molecule has 3 heteroatoms. The van der Waals surface area contributed by atoms with Crippen LogP contribution in [0.1, 0.15) is 71.1 Å². The first kappa shape index (κ1) is 15.8. The molecule has 116 valence electrons. The van der Waals surface area contributed by atoms with E-state index in [9.17, 15) is 4.79 Å². The highest BCUT2D eigenvalue weighted by atomic mass is 16.1. The van der Waals surface area contributed by atoms with E-state index in [4.69, 9.17) is 5.73 Å². The van der Waals surface area contributed by atoms with Crippen LogP contribution < -0.4 is 11.1 Å². The fraction of sp³-hybridized carbons (Fsp3) is 0.941. The zero-order valence-electron chi connectivity index (χ0n) is 13.1. The molecule has 0 radical (unpaired) electrons. The Hall–Kier alpha value is -0.570. The highest BCUT2D eigenvalue weighted by Gasteiger charge is 2.28. The summed E-state index contributed by atoms with van der Waals surface area (Å²) in [6.07, 6.45) is 11.9. The van der Waals surface area contributed by atoms with E-state index in [-0.39, 0.29) is 5.92 Å². The molecule has 2 fully saturated rings. The van der Waals surface area contributed by atoms with Crippen molar-refractivity contribution in [1.29, 1.82) is 0 Å². The van der Waals surface area contributed by atoms with Gasteiger partial charge in [0.15, 0.2) is 0 Å². The molecular weight excluding hydrogens is 248 g/mol. The maximum Gasteiger partial charge on any atom is 0.223 e. The van der Waals surface area contributed by atoms with Crippen molar-refractivity contribution in [3.63, 3.8) is 0 Å². The predicted octanol–water partition coefficient (Wildman–Crippen LogP) is 3.23. The number of nitrogens with two attached hydrogens (primary N) is 1. The quantitative estimate of drug-likeness (QED) is 0.777. The second-order valence-electron chi connectivity index (χ2n) is 7.13. The Bertz CT molecular complexity index is 303. The maximum atomic E-state index is 12.5. The monoisotopic (exact) mass is 280 g/mol. The molecule has 0 heterocycles. The highest BCUT2D eigenvalue weighted by Crippen LogP contribution is 2.31. The molecule has 1 amide bonds. The third kappa shape index (κ3) is 4.76. The van der Waals surface area contributed by atoms with Gasteiger partial charge in [-0.1, -0.05) is 32.6 Å². The van der Waals surface area contributed by atoms with Gasteiger partial charge in [-0.2, -0.15) is 0 Å². The second-order valence-corrected chi connectivity index (χ2v) is 7.13. The van der Waals surface area contributed by atoms with Crippen molar-refractivity contribution < 1.29 is 4.79 Å². The lowest BCUT2D eigenvalue weighted by Crippen LogP contribution is -2.40. The molecule has 0 spiro atoms. The normalized spacial score (nSPS) is 35.3. The topological polar surface area (TPSA) is 55.1 Å². The van der Waals surface area contributed by atoms with Crippen LogP contribution in [0.2, 0.25) is 0 Å². The van der Waals surface area contributed by atoms with E-state index >= 15 is 0 Å². The van der Waals surface area contributed by atoms with Gasteiger partial charge in [-0.3, -0.25) is 4.79 Å². The van der Waals surface area contributed by atoms with E-state index in [1.165, 1.54) is 44.9 Å². The van der Waals surface area contributed by atoms with Gasteiger partial charge in [0.25, 0.3) is 0 Å². The summed E-state index contributed by atoms with van der Waals surface area (Å²) < 4.78 is 0. The molecule has 0 aromatic heterocycles. The van der Waals surface area contributed by atoms with Crippen molar-refractivity contribution in [1.82, 2.24) is 5.32 Å². The van der Waals surface area contributed by atoms with Crippen molar-refractivity contribution in [2.24, 2.45) is 23.5 Å². The van der Waals surface area contributed by atoms with Crippen LogP contribution in [0.3, 0.4) is 0 Å². The molecular formula is C17H32N2O. The van der Waals surface area contributed by atoms with Crippen LogP contribution in [-0.2, 0) is 4.79 Å². The molecule has 0 aliphatic heterocycles. The largest absolute Gasteiger partial charge is 0.353 e. The van der Waals surface area contributed by atoms with Crippen LogP contribution >= 0.6 is 0 Å². The molecule has 2 aliphatic rings. The first-order chi connectivity index (χ1) is 9.69. The number of carbonyl (C=O) groups is 1. The molecule has 0 bridgehead atoms. The van der Waals surface area contributed by atoms with Crippen LogP contribution in [-0.4, -0.2) is 18.5 Å². The molecule has 0 aromatic rings. The van der Waals surface area contributed by atoms with Crippen molar-refractivity contribution in [2.45, 2.75) is 77.2 Å². The van der Waals surface area contributed by atoms with Crippen LogP contribution in [0.15, 0.2) is 0 Å². The third-order valence-corrected chi connectivity index (χ3v) is 5.33. The van der Waals surface area contributed by atoms with Gasteiger partial charge in [-0.25, -0.2) is 0 Å². The van der Waals surface area contributed by atoms with Gasteiger partial charge in [0.1, 0.15) is 0 Å². The van der Waals surface area contributed by atoms with E-state index in [1.54, 1.807) is 0 Å². The minimum Gasteiger partial charge on any atom is -0.353 e. The van der Waals surface area contributed by atoms with Gasteiger partial charge < -0.3 is 11.1 Å². The van der Waals surface area contributed by atoms with Crippen LogP contribution in [0, 0.1) is 17.8 Å². The van der Waals surface area contributed by atoms with E-state index < -0.39 is 0 Å². The SMILES string of the molecule is CC1CCCC(NC(=O)C2CCCC(CCN)C2)CC1. The number of carbonyl (C=O) groups excluding carboxylic acids is 1. The number of amides is 1. The molecule has 2 rings (SSSR count). The summed E-state index contributed by atoms with van der Waals surface area (Å²) in [6.45, 7) is 3.10. The minimum atomic E-state index is 0.251. The van der Waals surface area contributed by atoms with Crippen LogP contribution in [0.5, 0.6) is 0 Å². The van der Waals surface area contributed by atoms with Gasteiger partial charge >= 0.3 is 0 Å². The maximum absolute atomic E-state index is 12.5.